The molecule has 2 aromatic rings. The molecule has 1 aromatic carbocycles. The van der Waals surface area contributed by atoms with Gasteiger partial charge in [0.15, 0.2) is 0 Å². The Morgan fingerprint density at radius 2 is 2.12 bits per heavy atom. The van der Waals surface area contributed by atoms with Crippen molar-refractivity contribution in [1.29, 1.82) is 0 Å². The molecule has 1 N–H and O–H groups in total. The number of carbonyl (C=O) groups is 1. The van der Waals surface area contributed by atoms with Gasteiger partial charge in [0.25, 0.3) is 0 Å². The van der Waals surface area contributed by atoms with Crippen LogP contribution in [0.5, 0.6) is 0 Å². The van der Waals surface area contributed by atoms with Crippen LogP contribution in [0.1, 0.15) is 37.1 Å². The molecule has 1 aliphatic rings. The van der Waals surface area contributed by atoms with Crippen molar-refractivity contribution in [3.63, 3.8) is 0 Å². The van der Waals surface area contributed by atoms with Crippen molar-refractivity contribution in [2.24, 2.45) is 5.92 Å². The van der Waals surface area contributed by atoms with E-state index in [1.165, 1.54) is 0 Å². The number of amides is 1. The van der Waals surface area contributed by atoms with Gasteiger partial charge in [-0.15, -0.1) is 0 Å². The minimum Gasteiger partial charge on any atom is -0.441 e. The molecule has 0 radical (unpaired) electrons. The number of aromatic nitrogens is 1. The number of aryl methyl sites for hydroxylation is 1. The molecule has 3 rings (SSSR count). The van der Waals surface area contributed by atoms with E-state index in [0.29, 0.717) is 25.3 Å². The average molecular weight is 348 g/mol. The molecule has 1 aliphatic carbocycles. The zero-order valence-electron chi connectivity index (χ0n) is 14.2. The summed E-state index contributed by atoms with van der Waals surface area (Å²) in [4.78, 5) is 16.4. The van der Waals surface area contributed by atoms with E-state index in [1.54, 1.807) is 0 Å². The molecule has 0 spiro atoms. The van der Waals surface area contributed by atoms with Gasteiger partial charge in [-0.05, 0) is 31.4 Å². The second-order valence-electron chi connectivity index (χ2n) is 6.66. The molecule has 4 nitrogen and oxygen atoms in total. The van der Waals surface area contributed by atoms with E-state index in [9.17, 15) is 13.6 Å². The second kappa shape index (κ2) is 7.33. The summed E-state index contributed by atoms with van der Waals surface area (Å²) in [5.41, 5.74) is 1.70. The van der Waals surface area contributed by atoms with E-state index in [2.05, 4.69) is 10.3 Å². The molecule has 1 aromatic heterocycles. The van der Waals surface area contributed by atoms with Crippen molar-refractivity contribution in [2.75, 3.05) is 6.54 Å². The van der Waals surface area contributed by atoms with Crippen LogP contribution in [0, 0.1) is 12.8 Å². The monoisotopic (exact) mass is 348 g/mol. The van der Waals surface area contributed by atoms with Gasteiger partial charge in [0.05, 0.1) is 5.69 Å². The van der Waals surface area contributed by atoms with Crippen molar-refractivity contribution in [3.8, 4) is 11.5 Å². The quantitative estimate of drug-likeness (QED) is 0.854. The van der Waals surface area contributed by atoms with Gasteiger partial charge in [0, 0.05) is 37.8 Å². The van der Waals surface area contributed by atoms with Gasteiger partial charge in [0.2, 0.25) is 17.7 Å². The topological polar surface area (TPSA) is 55.1 Å². The average Bonchev–Trinajstić information content (AvgIpc) is 3.11. The summed E-state index contributed by atoms with van der Waals surface area (Å²) in [6.45, 7) is 2.26. The molecule has 1 fully saturated rings. The van der Waals surface area contributed by atoms with Crippen molar-refractivity contribution in [2.45, 2.75) is 45.0 Å². The summed E-state index contributed by atoms with van der Waals surface area (Å²) in [6.07, 6.45) is 0.856. The van der Waals surface area contributed by atoms with Gasteiger partial charge in [-0.1, -0.05) is 18.2 Å². The minimum atomic E-state index is -2.60. The lowest BCUT2D eigenvalue weighted by molar-refractivity contribution is -0.122. The normalized spacial score (nSPS) is 19.1. The number of halogens is 2. The van der Waals surface area contributed by atoms with Gasteiger partial charge in [-0.3, -0.25) is 4.79 Å². The zero-order valence-corrected chi connectivity index (χ0v) is 14.2. The van der Waals surface area contributed by atoms with Crippen LogP contribution in [0.25, 0.3) is 11.5 Å². The van der Waals surface area contributed by atoms with Gasteiger partial charge in [-0.25, -0.2) is 13.8 Å². The first-order valence-electron chi connectivity index (χ1n) is 8.59. The zero-order chi connectivity index (χ0) is 17.9. The number of hydrogen-bond donors (Lipinski definition) is 1. The van der Waals surface area contributed by atoms with Gasteiger partial charge >= 0.3 is 0 Å². The molecule has 0 bridgehead atoms. The summed E-state index contributed by atoms with van der Waals surface area (Å²) in [5, 5.41) is 2.80. The van der Waals surface area contributed by atoms with E-state index < -0.39 is 5.92 Å². The SMILES string of the molecule is Cc1oc(-c2ccccc2)nc1CCNC(=O)CC1CCC(F)(F)C1. The van der Waals surface area contributed by atoms with E-state index in [0.717, 1.165) is 17.0 Å². The number of nitrogens with zero attached hydrogens (tertiary/aromatic N) is 1. The predicted octanol–water partition coefficient (Wildman–Crippen LogP) is 4.13. The Morgan fingerprint density at radius 1 is 1.36 bits per heavy atom. The molecule has 1 heterocycles. The Bertz CT molecular complexity index is 728. The number of nitrogens with one attached hydrogen (secondary N) is 1. The molecule has 1 amide bonds. The maximum atomic E-state index is 13.2. The summed E-state index contributed by atoms with van der Waals surface area (Å²) in [5.74, 6) is -1.70. The Labute approximate surface area is 145 Å². The van der Waals surface area contributed by atoms with Crippen LogP contribution in [-0.4, -0.2) is 23.4 Å². The number of hydrogen-bond acceptors (Lipinski definition) is 3. The minimum absolute atomic E-state index is 0.106. The fraction of sp³-hybridized carbons (Fsp3) is 0.474. The molecule has 0 saturated heterocycles. The van der Waals surface area contributed by atoms with Crippen molar-refractivity contribution in [1.82, 2.24) is 10.3 Å². The molecular formula is C19H22F2N2O2. The van der Waals surface area contributed by atoms with Crippen LogP contribution in [0.3, 0.4) is 0 Å². The molecular weight excluding hydrogens is 326 g/mol. The molecule has 1 saturated carbocycles. The highest BCUT2D eigenvalue weighted by Gasteiger charge is 2.39. The maximum Gasteiger partial charge on any atom is 0.248 e. The van der Waals surface area contributed by atoms with E-state index in [1.807, 2.05) is 37.3 Å². The Kier molecular flexibility index (Phi) is 5.16. The summed E-state index contributed by atoms with van der Waals surface area (Å²) < 4.78 is 32.0. The Morgan fingerprint density at radius 3 is 2.80 bits per heavy atom. The van der Waals surface area contributed by atoms with E-state index >= 15 is 0 Å². The first-order valence-corrected chi connectivity index (χ1v) is 8.59. The lowest BCUT2D eigenvalue weighted by Crippen LogP contribution is -2.27. The van der Waals surface area contributed by atoms with Crippen molar-refractivity contribution < 1.29 is 18.0 Å². The number of rotatable bonds is 6. The van der Waals surface area contributed by atoms with Crippen LogP contribution in [0.15, 0.2) is 34.7 Å². The Balaban J connectivity index is 1.48. The Hall–Kier alpha value is -2.24. The number of oxazole rings is 1. The van der Waals surface area contributed by atoms with Gasteiger partial charge in [-0.2, -0.15) is 0 Å². The first-order chi connectivity index (χ1) is 11.9. The highest BCUT2D eigenvalue weighted by Crippen LogP contribution is 2.40. The van der Waals surface area contributed by atoms with Crippen molar-refractivity contribution >= 4 is 5.91 Å². The van der Waals surface area contributed by atoms with Crippen LogP contribution in [0.4, 0.5) is 8.78 Å². The molecule has 1 atom stereocenters. The number of carbonyl (C=O) groups excluding carboxylic acids is 1. The van der Waals surface area contributed by atoms with E-state index in [4.69, 9.17) is 4.42 Å². The summed E-state index contributed by atoms with van der Waals surface area (Å²) in [6, 6.07) is 9.61. The predicted molar refractivity (Wildman–Crippen MR) is 90.3 cm³/mol. The first kappa shape index (κ1) is 17.6. The third-order valence-corrected chi connectivity index (χ3v) is 4.58. The third kappa shape index (κ3) is 4.65. The van der Waals surface area contributed by atoms with Gasteiger partial charge in [0.1, 0.15) is 5.76 Å². The highest BCUT2D eigenvalue weighted by molar-refractivity contribution is 5.76. The fourth-order valence-electron chi connectivity index (χ4n) is 3.23. The lowest BCUT2D eigenvalue weighted by Gasteiger charge is -2.10. The van der Waals surface area contributed by atoms with Crippen LogP contribution < -0.4 is 5.32 Å². The number of alkyl halides is 2. The number of benzene rings is 1. The van der Waals surface area contributed by atoms with Crippen LogP contribution >= 0.6 is 0 Å². The van der Waals surface area contributed by atoms with E-state index in [-0.39, 0.29) is 31.1 Å². The van der Waals surface area contributed by atoms with Crippen molar-refractivity contribution in [3.05, 3.63) is 41.8 Å². The molecule has 0 aliphatic heterocycles. The van der Waals surface area contributed by atoms with Gasteiger partial charge < -0.3 is 9.73 Å². The second-order valence-corrected chi connectivity index (χ2v) is 6.66. The molecule has 25 heavy (non-hydrogen) atoms. The van der Waals surface area contributed by atoms with Crippen LogP contribution in [0.2, 0.25) is 0 Å². The summed E-state index contributed by atoms with van der Waals surface area (Å²) in [7, 11) is 0. The molecule has 1 unspecified atom stereocenters. The highest BCUT2D eigenvalue weighted by atomic mass is 19.3. The summed E-state index contributed by atoms with van der Waals surface area (Å²) >= 11 is 0. The van der Waals surface area contributed by atoms with Crippen LogP contribution in [-0.2, 0) is 11.2 Å². The lowest BCUT2D eigenvalue weighted by atomic mass is 10.0. The maximum absolute atomic E-state index is 13.2. The molecule has 134 valence electrons. The largest absolute Gasteiger partial charge is 0.441 e. The third-order valence-electron chi connectivity index (χ3n) is 4.58. The smallest absolute Gasteiger partial charge is 0.248 e. The fourth-order valence-corrected chi connectivity index (χ4v) is 3.23. The molecule has 6 heteroatoms. The standard InChI is InChI=1S/C19H22F2N2O2/c1-13-16(23-18(25-13)15-5-3-2-4-6-15)8-10-22-17(24)11-14-7-9-19(20,21)12-14/h2-6,14H,7-12H2,1H3,(H,22,24).